The molecule has 1 saturated heterocycles. The van der Waals surface area contributed by atoms with Gasteiger partial charge in [0.25, 0.3) is 5.91 Å². The molecule has 3 aromatic rings. The summed E-state index contributed by atoms with van der Waals surface area (Å²) in [6, 6.07) is 12.9. The Morgan fingerprint density at radius 2 is 1.85 bits per heavy atom. The number of ether oxygens (including phenoxy) is 1. The van der Waals surface area contributed by atoms with E-state index in [1.165, 1.54) is 28.6 Å². The lowest BCUT2D eigenvalue weighted by Crippen LogP contribution is -2.41. The van der Waals surface area contributed by atoms with E-state index in [2.05, 4.69) is 15.5 Å². The molecule has 10 heteroatoms. The maximum atomic E-state index is 12.9. The Labute approximate surface area is 192 Å². The Hall–Kier alpha value is -3.24. The number of nitrogens with zero attached hydrogens (tertiary/aromatic N) is 3. The summed E-state index contributed by atoms with van der Waals surface area (Å²) in [6.45, 7) is 4.91. The van der Waals surface area contributed by atoms with Crippen LogP contribution in [-0.4, -0.2) is 48.0 Å². The molecule has 9 nitrogen and oxygen atoms in total. The fourth-order valence-corrected chi connectivity index (χ4v) is 5.46. The minimum absolute atomic E-state index is 0.0335. The minimum atomic E-state index is -3.59. The number of benzene rings is 2. The molecule has 1 amide bonds. The zero-order valence-electron chi connectivity index (χ0n) is 18.5. The van der Waals surface area contributed by atoms with Gasteiger partial charge in [0.15, 0.2) is 0 Å². The largest absolute Gasteiger partial charge is 0.494 e. The number of nitrogens with one attached hydrogen (secondary N) is 1. The standard InChI is InChI=1S/C23H26N4O5S/c1-3-31-19-11-7-18(8-12-19)22-25-26-23(32-22)24-21(28)17-9-13-20(14-10-17)33(29,30)27-15-5-4-6-16(27)2/h7-14,16H,3-6,15H2,1-2H3,(H,24,26,28). The lowest BCUT2D eigenvalue weighted by atomic mass is 10.1. The minimum Gasteiger partial charge on any atom is -0.494 e. The van der Waals surface area contributed by atoms with Crippen molar-refractivity contribution in [2.45, 2.75) is 44.0 Å². The molecule has 1 N–H and O–H groups in total. The van der Waals surface area contributed by atoms with Gasteiger partial charge in [-0.3, -0.25) is 10.1 Å². The molecule has 1 atom stereocenters. The third-order valence-electron chi connectivity index (χ3n) is 5.52. The second-order valence-electron chi connectivity index (χ2n) is 7.81. The molecule has 1 fully saturated rings. The lowest BCUT2D eigenvalue weighted by Gasteiger charge is -2.32. The molecular weight excluding hydrogens is 444 g/mol. The first-order chi connectivity index (χ1) is 15.9. The maximum absolute atomic E-state index is 12.9. The number of piperidine rings is 1. The highest BCUT2D eigenvalue weighted by Crippen LogP contribution is 2.26. The number of carbonyl (C=O) groups is 1. The van der Waals surface area contributed by atoms with Crippen LogP contribution in [0.15, 0.2) is 57.8 Å². The molecule has 0 radical (unpaired) electrons. The van der Waals surface area contributed by atoms with Gasteiger partial charge in [0.1, 0.15) is 5.75 Å². The molecular formula is C23H26N4O5S. The number of anilines is 1. The predicted octanol–water partition coefficient (Wildman–Crippen LogP) is 3.95. The van der Waals surface area contributed by atoms with Crippen LogP contribution in [0.25, 0.3) is 11.5 Å². The van der Waals surface area contributed by atoms with Crippen molar-refractivity contribution in [1.29, 1.82) is 0 Å². The number of sulfonamides is 1. The number of amides is 1. The third kappa shape index (κ3) is 5.07. The van der Waals surface area contributed by atoms with Gasteiger partial charge in [0.2, 0.25) is 15.9 Å². The van der Waals surface area contributed by atoms with Crippen LogP contribution in [-0.2, 0) is 10.0 Å². The predicted molar refractivity (Wildman–Crippen MR) is 123 cm³/mol. The van der Waals surface area contributed by atoms with E-state index in [0.717, 1.165) is 25.0 Å². The molecule has 1 unspecified atom stereocenters. The van der Waals surface area contributed by atoms with Crippen LogP contribution in [0, 0.1) is 0 Å². The zero-order chi connectivity index (χ0) is 23.4. The molecule has 174 valence electrons. The molecule has 0 spiro atoms. The second-order valence-corrected chi connectivity index (χ2v) is 9.70. The third-order valence-corrected chi connectivity index (χ3v) is 7.55. The molecule has 0 bridgehead atoms. The Morgan fingerprint density at radius 3 is 2.52 bits per heavy atom. The zero-order valence-corrected chi connectivity index (χ0v) is 19.3. The average molecular weight is 471 g/mol. The SMILES string of the molecule is CCOc1ccc(-c2nnc(NC(=O)c3ccc(S(=O)(=O)N4CCCCC4C)cc3)o2)cc1. The van der Waals surface area contributed by atoms with Crippen molar-refractivity contribution in [3.05, 3.63) is 54.1 Å². The smallest absolute Gasteiger partial charge is 0.322 e. The number of hydrogen-bond donors (Lipinski definition) is 1. The molecule has 1 aromatic heterocycles. The van der Waals surface area contributed by atoms with Crippen molar-refractivity contribution in [2.24, 2.45) is 0 Å². The summed E-state index contributed by atoms with van der Waals surface area (Å²) in [6.07, 6.45) is 2.73. The van der Waals surface area contributed by atoms with E-state index in [9.17, 15) is 13.2 Å². The van der Waals surface area contributed by atoms with E-state index in [-0.39, 0.29) is 28.4 Å². The molecule has 2 heterocycles. The molecule has 4 rings (SSSR count). The first-order valence-corrected chi connectivity index (χ1v) is 12.3. The van der Waals surface area contributed by atoms with Crippen molar-refractivity contribution < 1.29 is 22.4 Å². The lowest BCUT2D eigenvalue weighted by molar-refractivity contribution is 0.102. The van der Waals surface area contributed by atoms with Crippen LogP contribution in [0.1, 0.15) is 43.5 Å². The average Bonchev–Trinajstić information content (AvgIpc) is 3.28. The number of hydrogen-bond acceptors (Lipinski definition) is 7. The quantitative estimate of drug-likeness (QED) is 0.556. The van der Waals surface area contributed by atoms with Gasteiger partial charge in [-0.15, -0.1) is 5.10 Å². The van der Waals surface area contributed by atoms with Crippen LogP contribution >= 0.6 is 0 Å². The summed E-state index contributed by atoms with van der Waals surface area (Å²) in [5, 5.41) is 10.4. The summed E-state index contributed by atoms with van der Waals surface area (Å²) in [5.74, 6) is 0.507. The van der Waals surface area contributed by atoms with E-state index < -0.39 is 15.9 Å². The van der Waals surface area contributed by atoms with Gasteiger partial charge in [-0.05, 0) is 75.2 Å². The van der Waals surface area contributed by atoms with Gasteiger partial charge in [-0.1, -0.05) is 11.5 Å². The molecule has 0 aliphatic carbocycles. The molecule has 0 saturated carbocycles. The Balaban J connectivity index is 1.43. The number of carbonyl (C=O) groups excluding carboxylic acids is 1. The first-order valence-electron chi connectivity index (χ1n) is 10.9. The highest BCUT2D eigenvalue weighted by molar-refractivity contribution is 7.89. The van der Waals surface area contributed by atoms with Crippen LogP contribution in [0.3, 0.4) is 0 Å². The summed E-state index contributed by atoms with van der Waals surface area (Å²) in [4.78, 5) is 12.7. The first kappa shape index (κ1) is 22.9. The number of rotatable bonds is 7. The van der Waals surface area contributed by atoms with Crippen molar-refractivity contribution in [3.8, 4) is 17.2 Å². The topological polar surface area (TPSA) is 115 Å². The molecule has 1 aliphatic rings. The molecule has 33 heavy (non-hydrogen) atoms. The van der Waals surface area contributed by atoms with Crippen LogP contribution < -0.4 is 10.1 Å². The van der Waals surface area contributed by atoms with E-state index >= 15 is 0 Å². The van der Waals surface area contributed by atoms with Crippen LogP contribution in [0.4, 0.5) is 6.01 Å². The summed E-state index contributed by atoms with van der Waals surface area (Å²) in [7, 11) is -3.59. The Bertz CT molecular complexity index is 1210. The van der Waals surface area contributed by atoms with Gasteiger partial charge < -0.3 is 9.15 Å². The van der Waals surface area contributed by atoms with Gasteiger partial charge >= 0.3 is 6.01 Å². The van der Waals surface area contributed by atoms with Gasteiger partial charge in [0.05, 0.1) is 11.5 Å². The van der Waals surface area contributed by atoms with Crippen LogP contribution in [0.2, 0.25) is 0 Å². The van der Waals surface area contributed by atoms with Gasteiger partial charge in [0, 0.05) is 23.7 Å². The monoisotopic (exact) mass is 470 g/mol. The van der Waals surface area contributed by atoms with E-state index in [1.54, 1.807) is 24.3 Å². The van der Waals surface area contributed by atoms with Crippen molar-refractivity contribution in [2.75, 3.05) is 18.5 Å². The van der Waals surface area contributed by atoms with Crippen LogP contribution in [0.5, 0.6) is 5.75 Å². The van der Waals surface area contributed by atoms with E-state index in [1.807, 2.05) is 13.8 Å². The fourth-order valence-electron chi connectivity index (χ4n) is 3.76. The Morgan fingerprint density at radius 1 is 1.12 bits per heavy atom. The van der Waals surface area contributed by atoms with E-state index in [4.69, 9.17) is 9.15 Å². The molecule has 1 aliphatic heterocycles. The normalized spacial score (nSPS) is 17.0. The van der Waals surface area contributed by atoms with E-state index in [0.29, 0.717) is 18.7 Å². The fraction of sp³-hybridized carbons (Fsp3) is 0.348. The van der Waals surface area contributed by atoms with Gasteiger partial charge in [-0.25, -0.2) is 8.42 Å². The maximum Gasteiger partial charge on any atom is 0.322 e. The summed E-state index contributed by atoms with van der Waals surface area (Å²) >= 11 is 0. The molecule has 2 aromatic carbocycles. The highest BCUT2D eigenvalue weighted by Gasteiger charge is 2.31. The second kappa shape index (κ2) is 9.72. The number of aromatic nitrogens is 2. The van der Waals surface area contributed by atoms with Crippen molar-refractivity contribution >= 4 is 21.9 Å². The van der Waals surface area contributed by atoms with Gasteiger partial charge in [-0.2, -0.15) is 4.31 Å². The summed E-state index contributed by atoms with van der Waals surface area (Å²) in [5.41, 5.74) is 0.967. The Kier molecular flexibility index (Phi) is 6.75. The summed E-state index contributed by atoms with van der Waals surface area (Å²) < 4.78 is 38.4. The highest BCUT2D eigenvalue weighted by atomic mass is 32.2. The van der Waals surface area contributed by atoms with Crippen molar-refractivity contribution in [1.82, 2.24) is 14.5 Å². The van der Waals surface area contributed by atoms with Crippen molar-refractivity contribution in [3.63, 3.8) is 0 Å².